The van der Waals surface area contributed by atoms with Crippen LogP contribution >= 0.6 is 0 Å². The van der Waals surface area contributed by atoms with Crippen molar-refractivity contribution in [2.24, 2.45) is 0 Å². The van der Waals surface area contributed by atoms with E-state index >= 15 is 4.39 Å². The van der Waals surface area contributed by atoms with E-state index in [1.807, 2.05) is 0 Å². The Hall–Kier alpha value is -3.98. The lowest BCUT2D eigenvalue weighted by Crippen LogP contribution is -2.61. The Bertz CT molecular complexity index is 1900. The molecule has 0 amide bonds. The standard InChI is InChI=1S/C35H35F3N6O2/c1-3-24-27(37)9-8-21-6-4-7-25(28(21)24)30-29(38)31-26(15-39-30)32(43-17-23-10-12-34(18-43,42-23)19-45-2)41-33(40-31)46-20-35-11-5-13-44(35)16-22(36)14-35/h1,4,6-9,15,22-23,42H,5,10-14,16-20H2,2H3/t22-,23?,34?,35+/m1/s1. The van der Waals surface area contributed by atoms with Gasteiger partial charge in [-0.1, -0.05) is 30.2 Å². The van der Waals surface area contributed by atoms with Crippen molar-refractivity contribution in [1.29, 1.82) is 0 Å². The monoisotopic (exact) mass is 628 g/mol. The maximum absolute atomic E-state index is 16.9. The van der Waals surface area contributed by atoms with Crippen molar-refractivity contribution in [1.82, 2.24) is 25.2 Å². The number of methoxy groups -OCH3 is 1. The minimum atomic E-state index is -0.908. The molecule has 2 aromatic carbocycles. The van der Waals surface area contributed by atoms with Crippen molar-refractivity contribution in [3.05, 3.63) is 53.7 Å². The van der Waals surface area contributed by atoms with Crippen molar-refractivity contribution in [3.63, 3.8) is 0 Å². The van der Waals surface area contributed by atoms with Gasteiger partial charge in [-0.3, -0.25) is 9.88 Å². The molecule has 0 radical (unpaired) electrons. The number of aromatic nitrogens is 3. The first kappa shape index (κ1) is 29.4. The lowest BCUT2D eigenvalue weighted by Gasteiger charge is -2.41. The van der Waals surface area contributed by atoms with Gasteiger partial charge in [0, 0.05) is 56.4 Å². The summed E-state index contributed by atoms with van der Waals surface area (Å²) in [5, 5.41) is 5.23. The molecule has 8 rings (SSSR count). The smallest absolute Gasteiger partial charge is 0.319 e. The number of hydrogen-bond acceptors (Lipinski definition) is 8. The van der Waals surface area contributed by atoms with E-state index in [2.05, 4.69) is 31.0 Å². The predicted molar refractivity (Wildman–Crippen MR) is 170 cm³/mol. The van der Waals surface area contributed by atoms with Gasteiger partial charge >= 0.3 is 6.01 Å². The minimum Gasteiger partial charge on any atom is -0.461 e. The average Bonchev–Trinajstić information content (AvgIpc) is 3.68. The molecule has 238 valence electrons. The fourth-order valence-electron chi connectivity index (χ4n) is 8.44. The molecule has 46 heavy (non-hydrogen) atoms. The molecule has 4 aliphatic rings. The number of anilines is 1. The second-order valence-corrected chi connectivity index (χ2v) is 13.3. The Balaban J connectivity index is 1.26. The lowest BCUT2D eigenvalue weighted by atomic mass is 9.95. The van der Waals surface area contributed by atoms with Gasteiger partial charge in [0.2, 0.25) is 0 Å². The summed E-state index contributed by atoms with van der Waals surface area (Å²) in [6.07, 6.45) is 10.5. The molecule has 4 fully saturated rings. The summed E-state index contributed by atoms with van der Waals surface area (Å²) in [5.74, 6) is 1.71. The highest BCUT2D eigenvalue weighted by Crippen LogP contribution is 2.42. The molecule has 2 unspecified atom stereocenters. The highest BCUT2D eigenvalue weighted by Gasteiger charge is 2.50. The first-order valence-electron chi connectivity index (χ1n) is 15.9. The first-order valence-corrected chi connectivity index (χ1v) is 15.9. The summed E-state index contributed by atoms with van der Waals surface area (Å²) in [6, 6.07) is 8.42. The van der Waals surface area contributed by atoms with Gasteiger partial charge in [-0.05, 0) is 43.7 Å². The van der Waals surface area contributed by atoms with Crippen molar-refractivity contribution < 1.29 is 22.6 Å². The van der Waals surface area contributed by atoms with E-state index in [1.54, 1.807) is 37.6 Å². The highest BCUT2D eigenvalue weighted by molar-refractivity contribution is 6.02. The molecule has 4 aromatic rings. The summed E-state index contributed by atoms with van der Waals surface area (Å²) in [7, 11) is 1.69. The van der Waals surface area contributed by atoms with Crippen LogP contribution < -0.4 is 15.0 Å². The highest BCUT2D eigenvalue weighted by atomic mass is 19.1. The summed E-state index contributed by atoms with van der Waals surface area (Å²) in [6.45, 7) is 3.22. The maximum Gasteiger partial charge on any atom is 0.319 e. The van der Waals surface area contributed by atoms with E-state index in [4.69, 9.17) is 20.9 Å². The molecule has 4 atom stereocenters. The number of alkyl halides is 1. The second-order valence-electron chi connectivity index (χ2n) is 13.3. The van der Waals surface area contributed by atoms with Crippen molar-refractivity contribution in [2.45, 2.75) is 55.4 Å². The Labute approximate surface area is 265 Å². The van der Waals surface area contributed by atoms with Crippen LogP contribution in [0.1, 0.15) is 37.7 Å². The Morgan fingerprint density at radius 1 is 1.13 bits per heavy atom. The number of halogens is 3. The molecule has 1 N–H and O–H groups in total. The molecule has 4 saturated heterocycles. The molecule has 0 saturated carbocycles. The normalized spacial score (nSPS) is 27.4. The molecule has 0 spiro atoms. The van der Waals surface area contributed by atoms with Gasteiger partial charge < -0.3 is 19.7 Å². The molecule has 8 nitrogen and oxygen atoms in total. The molecular formula is C35H35F3N6O2. The van der Waals surface area contributed by atoms with Gasteiger partial charge in [-0.15, -0.1) is 6.42 Å². The summed E-state index contributed by atoms with van der Waals surface area (Å²) < 4.78 is 58.1. The minimum absolute atomic E-state index is 0.00339. The number of pyridine rings is 1. The van der Waals surface area contributed by atoms with Gasteiger partial charge in [-0.2, -0.15) is 9.97 Å². The Morgan fingerprint density at radius 3 is 2.87 bits per heavy atom. The van der Waals surface area contributed by atoms with Crippen LogP contribution in [0.15, 0.2) is 36.5 Å². The Morgan fingerprint density at radius 2 is 2.02 bits per heavy atom. The van der Waals surface area contributed by atoms with Crippen molar-refractivity contribution in [3.8, 4) is 29.6 Å². The number of fused-ring (bicyclic) bond motifs is 5. The van der Waals surface area contributed by atoms with E-state index in [-0.39, 0.29) is 41.0 Å². The number of hydrogen-bond donors (Lipinski definition) is 1. The van der Waals surface area contributed by atoms with Crippen molar-refractivity contribution >= 4 is 27.5 Å². The third-order valence-electron chi connectivity index (χ3n) is 10.4. The predicted octanol–water partition coefficient (Wildman–Crippen LogP) is 5.02. The van der Waals surface area contributed by atoms with E-state index < -0.39 is 23.3 Å². The Kier molecular flexibility index (Phi) is 7.08. The number of piperazine rings is 1. The van der Waals surface area contributed by atoms with Gasteiger partial charge in [0.25, 0.3) is 0 Å². The SMILES string of the molecule is C#Cc1c(F)ccc2cccc(-c3ncc4c(N5CC6CCC(COC)(C5)N6)nc(OC[C@@]56CCCN5C[C@H](F)C6)nc4c3F)c12. The molecule has 2 aromatic heterocycles. The third-order valence-corrected chi connectivity index (χ3v) is 10.4. The summed E-state index contributed by atoms with van der Waals surface area (Å²) >= 11 is 0. The van der Waals surface area contributed by atoms with Crippen LogP contribution in [-0.4, -0.2) is 89.6 Å². The van der Waals surface area contributed by atoms with Crippen LogP contribution in [0.25, 0.3) is 32.9 Å². The summed E-state index contributed by atoms with van der Waals surface area (Å²) in [4.78, 5) is 18.4. The largest absolute Gasteiger partial charge is 0.461 e. The molecule has 2 bridgehead atoms. The van der Waals surface area contributed by atoms with Gasteiger partial charge in [-0.25, -0.2) is 13.2 Å². The average molecular weight is 629 g/mol. The molecule has 0 aliphatic carbocycles. The zero-order chi connectivity index (χ0) is 31.6. The lowest BCUT2D eigenvalue weighted by molar-refractivity contribution is 0.107. The number of terminal acetylenes is 1. The molecule has 6 heterocycles. The molecular weight excluding hydrogens is 593 g/mol. The molecule has 4 aliphatic heterocycles. The van der Waals surface area contributed by atoms with E-state index in [0.717, 1.165) is 32.2 Å². The zero-order valence-electron chi connectivity index (χ0n) is 25.7. The van der Waals surface area contributed by atoms with Gasteiger partial charge in [0.05, 0.1) is 28.6 Å². The van der Waals surface area contributed by atoms with Crippen LogP contribution in [0.2, 0.25) is 0 Å². The number of rotatable bonds is 7. The topological polar surface area (TPSA) is 75.6 Å². The number of ether oxygens (including phenoxy) is 2. The number of nitrogens with one attached hydrogen (secondary N) is 1. The zero-order valence-corrected chi connectivity index (χ0v) is 25.7. The van der Waals surface area contributed by atoms with E-state index in [9.17, 15) is 8.78 Å². The summed E-state index contributed by atoms with van der Waals surface area (Å²) in [5.41, 5.74) is -0.221. The van der Waals surface area contributed by atoms with Crippen LogP contribution in [0.5, 0.6) is 6.01 Å². The fourth-order valence-corrected chi connectivity index (χ4v) is 8.44. The van der Waals surface area contributed by atoms with E-state index in [0.29, 0.717) is 60.2 Å². The second kappa shape index (κ2) is 11.1. The maximum atomic E-state index is 16.9. The van der Waals surface area contributed by atoms with Gasteiger partial charge in [0.15, 0.2) is 5.82 Å². The van der Waals surface area contributed by atoms with Crippen LogP contribution in [0, 0.1) is 24.0 Å². The fraction of sp³-hybridized carbons (Fsp3) is 0.457. The van der Waals surface area contributed by atoms with E-state index in [1.165, 1.54) is 6.07 Å². The number of benzene rings is 2. The van der Waals surface area contributed by atoms with Crippen LogP contribution in [0.4, 0.5) is 19.0 Å². The number of nitrogens with zero attached hydrogens (tertiary/aromatic N) is 5. The quantitative estimate of drug-likeness (QED) is 0.286. The molecule has 11 heteroatoms. The third kappa shape index (κ3) is 4.69. The first-order chi connectivity index (χ1) is 22.3. The van der Waals surface area contributed by atoms with Gasteiger partial charge in [0.1, 0.15) is 35.6 Å². The van der Waals surface area contributed by atoms with Crippen LogP contribution in [-0.2, 0) is 4.74 Å². The van der Waals surface area contributed by atoms with Crippen molar-refractivity contribution in [2.75, 3.05) is 51.4 Å². The van der Waals surface area contributed by atoms with Crippen LogP contribution in [0.3, 0.4) is 0 Å².